The van der Waals surface area contributed by atoms with E-state index in [-0.39, 0.29) is 5.91 Å². The van der Waals surface area contributed by atoms with Crippen molar-refractivity contribution in [2.24, 2.45) is 17.8 Å². The van der Waals surface area contributed by atoms with Crippen molar-refractivity contribution in [3.8, 4) is 0 Å². The third-order valence-corrected chi connectivity index (χ3v) is 6.06. The van der Waals surface area contributed by atoms with E-state index in [4.69, 9.17) is 0 Å². The lowest BCUT2D eigenvalue weighted by atomic mass is 9.84. The fraction of sp³-hybridized carbons (Fsp3) is 0.750. The molecule has 2 bridgehead atoms. The molecule has 2 aliphatic rings. The van der Waals surface area contributed by atoms with Gasteiger partial charge in [0.05, 0.1) is 10.2 Å². The summed E-state index contributed by atoms with van der Waals surface area (Å²) in [5, 5.41) is 7.57. The Morgan fingerprint density at radius 3 is 2.90 bits per heavy atom. The molecule has 116 valence electrons. The molecule has 0 aromatic carbocycles. The number of nitrogens with one attached hydrogen (secondary N) is 1. The molecule has 4 nitrogen and oxygen atoms in total. The number of rotatable bonds is 5. The van der Waals surface area contributed by atoms with E-state index in [1.807, 2.05) is 17.8 Å². The first-order valence-corrected chi connectivity index (χ1v) is 8.81. The molecule has 1 aromatic heterocycles. The molecule has 0 spiro atoms. The van der Waals surface area contributed by atoms with Gasteiger partial charge in [0.15, 0.2) is 0 Å². The summed E-state index contributed by atoms with van der Waals surface area (Å²) in [6.45, 7) is 4.78. The average Bonchev–Trinajstić information content (AvgIpc) is 3.13. The van der Waals surface area contributed by atoms with Crippen molar-refractivity contribution in [3.63, 3.8) is 0 Å². The number of aryl methyl sites for hydroxylation is 2. The summed E-state index contributed by atoms with van der Waals surface area (Å²) in [5.74, 6) is 2.64. The summed E-state index contributed by atoms with van der Waals surface area (Å²) in [4.78, 5) is 12.1. The number of fused-ring (bicyclic) bond motifs is 2. The molecule has 21 heavy (non-hydrogen) atoms. The maximum absolute atomic E-state index is 12.1. The Morgan fingerprint density at radius 1 is 1.52 bits per heavy atom. The van der Waals surface area contributed by atoms with Crippen LogP contribution in [0.4, 0.5) is 0 Å². The maximum Gasteiger partial charge on any atom is 0.222 e. The Hall–Kier alpha value is -0.840. The Labute approximate surface area is 134 Å². The van der Waals surface area contributed by atoms with E-state index in [0.29, 0.717) is 24.9 Å². The summed E-state index contributed by atoms with van der Waals surface area (Å²) in [7, 11) is 0. The highest BCUT2D eigenvalue weighted by atomic mass is 79.9. The standard InChI is InChI=1S/C16H24BrN3O/c1-10(14-8-12-3-4-13(14)7-12)18-16(21)5-6-20-9-15(17)11(2)19-20/h9-10,12-14H,3-8H2,1-2H3,(H,18,21)/t10-,12+,13+,14-/m0/s1. The molecule has 1 N–H and O–H groups in total. The first-order valence-electron chi connectivity index (χ1n) is 8.02. The second-order valence-corrected chi connectivity index (χ2v) is 7.62. The van der Waals surface area contributed by atoms with Gasteiger partial charge in [0, 0.05) is 25.2 Å². The Kier molecular flexibility index (Phi) is 4.38. The van der Waals surface area contributed by atoms with Crippen LogP contribution in [-0.4, -0.2) is 21.7 Å². The van der Waals surface area contributed by atoms with Gasteiger partial charge >= 0.3 is 0 Å². The molecule has 0 radical (unpaired) electrons. The highest BCUT2D eigenvalue weighted by Gasteiger charge is 2.42. The maximum atomic E-state index is 12.1. The van der Waals surface area contributed by atoms with Crippen molar-refractivity contribution in [1.82, 2.24) is 15.1 Å². The monoisotopic (exact) mass is 353 g/mol. The van der Waals surface area contributed by atoms with Gasteiger partial charge in [-0.25, -0.2) is 0 Å². The molecule has 0 unspecified atom stereocenters. The van der Waals surface area contributed by atoms with Crippen LogP contribution in [0.2, 0.25) is 0 Å². The van der Waals surface area contributed by atoms with Gasteiger partial charge in [-0.15, -0.1) is 0 Å². The van der Waals surface area contributed by atoms with Crippen molar-refractivity contribution < 1.29 is 4.79 Å². The van der Waals surface area contributed by atoms with Gasteiger partial charge in [0.25, 0.3) is 0 Å². The van der Waals surface area contributed by atoms with Gasteiger partial charge in [-0.1, -0.05) is 6.42 Å². The summed E-state index contributed by atoms with van der Waals surface area (Å²) in [6, 6.07) is 0.318. The number of carbonyl (C=O) groups is 1. The van der Waals surface area contributed by atoms with Crippen LogP contribution in [0.3, 0.4) is 0 Å². The van der Waals surface area contributed by atoms with Gasteiger partial charge < -0.3 is 5.32 Å². The fourth-order valence-corrected chi connectivity index (χ4v) is 4.48. The molecule has 4 atom stereocenters. The van der Waals surface area contributed by atoms with Crippen molar-refractivity contribution in [2.75, 3.05) is 0 Å². The zero-order chi connectivity index (χ0) is 15.0. The first-order chi connectivity index (χ1) is 10.0. The number of hydrogen-bond donors (Lipinski definition) is 1. The van der Waals surface area contributed by atoms with Crippen LogP contribution in [-0.2, 0) is 11.3 Å². The number of hydrogen-bond acceptors (Lipinski definition) is 2. The van der Waals surface area contributed by atoms with Crippen LogP contribution < -0.4 is 5.32 Å². The largest absolute Gasteiger partial charge is 0.353 e. The van der Waals surface area contributed by atoms with Gasteiger partial charge in [-0.3, -0.25) is 9.48 Å². The molecule has 2 aliphatic carbocycles. The lowest BCUT2D eigenvalue weighted by molar-refractivity contribution is -0.122. The van der Waals surface area contributed by atoms with E-state index in [1.54, 1.807) is 0 Å². The van der Waals surface area contributed by atoms with Crippen molar-refractivity contribution in [3.05, 3.63) is 16.4 Å². The lowest BCUT2D eigenvalue weighted by Gasteiger charge is -2.28. The second-order valence-electron chi connectivity index (χ2n) is 6.77. The quantitative estimate of drug-likeness (QED) is 0.882. The molecule has 0 aliphatic heterocycles. The molecule has 1 heterocycles. The third-order valence-electron chi connectivity index (χ3n) is 5.28. The third kappa shape index (κ3) is 3.33. The van der Waals surface area contributed by atoms with Crippen LogP contribution in [0.25, 0.3) is 0 Å². The Morgan fingerprint density at radius 2 is 2.33 bits per heavy atom. The molecule has 2 fully saturated rings. The first kappa shape index (κ1) is 15.1. The normalized spacial score (nSPS) is 28.8. The van der Waals surface area contributed by atoms with E-state index < -0.39 is 0 Å². The molecule has 1 amide bonds. The molecular weight excluding hydrogens is 330 g/mol. The zero-order valence-electron chi connectivity index (χ0n) is 12.8. The van der Waals surface area contributed by atoms with Crippen LogP contribution in [0, 0.1) is 24.7 Å². The topological polar surface area (TPSA) is 46.9 Å². The Bertz CT molecular complexity index is 508. The van der Waals surface area contributed by atoms with Crippen molar-refractivity contribution in [1.29, 1.82) is 0 Å². The smallest absolute Gasteiger partial charge is 0.222 e. The van der Waals surface area contributed by atoms with E-state index >= 15 is 0 Å². The van der Waals surface area contributed by atoms with E-state index in [0.717, 1.165) is 22.0 Å². The second kappa shape index (κ2) is 6.11. The number of amides is 1. The Balaban J connectivity index is 1.45. The number of nitrogens with zero attached hydrogens (tertiary/aromatic N) is 2. The minimum absolute atomic E-state index is 0.148. The van der Waals surface area contributed by atoms with Gasteiger partial charge in [0.2, 0.25) is 5.91 Å². The minimum Gasteiger partial charge on any atom is -0.353 e. The average molecular weight is 354 g/mol. The van der Waals surface area contributed by atoms with Crippen LogP contribution in [0.5, 0.6) is 0 Å². The summed E-state index contributed by atoms with van der Waals surface area (Å²) < 4.78 is 2.83. The highest BCUT2D eigenvalue weighted by molar-refractivity contribution is 9.10. The molecule has 0 saturated heterocycles. The lowest BCUT2D eigenvalue weighted by Crippen LogP contribution is -2.40. The van der Waals surface area contributed by atoms with E-state index in [9.17, 15) is 4.79 Å². The molecule has 3 rings (SSSR count). The van der Waals surface area contributed by atoms with Gasteiger partial charge in [0.1, 0.15) is 0 Å². The van der Waals surface area contributed by atoms with Gasteiger partial charge in [-0.05, 0) is 66.8 Å². The van der Waals surface area contributed by atoms with Crippen LogP contribution in [0.1, 0.15) is 44.7 Å². The summed E-state index contributed by atoms with van der Waals surface area (Å²) in [5.41, 5.74) is 0.964. The molecule has 1 aromatic rings. The fourth-order valence-electron chi connectivity index (χ4n) is 4.16. The SMILES string of the molecule is Cc1nn(CCC(=O)N[C@@H](C)[C@@H]2C[C@@H]3CC[C@@H]2C3)cc1Br. The molecular formula is C16H24BrN3O. The van der Waals surface area contributed by atoms with E-state index in [2.05, 4.69) is 33.3 Å². The summed E-state index contributed by atoms with van der Waals surface area (Å²) in [6.07, 6.45) is 7.93. The van der Waals surface area contributed by atoms with Crippen molar-refractivity contribution >= 4 is 21.8 Å². The predicted molar refractivity (Wildman–Crippen MR) is 85.8 cm³/mol. The van der Waals surface area contributed by atoms with Crippen molar-refractivity contribution in [2.45, 2.75) is 58.5 Å². The van der Waals surface area contributed by atoms with Gasteiger partial charge in [-0.2, -0.15) is 5.10 Å². The zero-order valence-corrected chi connectivity index (χ0v) is 14.4. The molecule has 2 saturated carbocycles. The van der Waals surface area contributed by atoms with Crippen LogP contribution in [0.15, 0.2) is 10.7 Å². The number of halogens is 1. The molecule has 5 heteroatoms. The minimum atomic E-state index is 0.148. The predicted octanol–water partition coefficient (Wildman–Crippen LogP) is 3.29. The van der Waals surface area contributed by atoms with E-state index in [1.165, 1.54) is 25.7 Å². The number of aromatic nitrogens is 2. The number of carbonyl (C=O) groups excluding carboxylic acids is 1. The van der Waals surface area contributed by atoms with Crippen LogP contribution >= 0.6 is 15.9 Å². The highest BCUT2D eigenvalue weighted by Crippen LogP contribution is 2.49. The summed E-state index contributed by atoms with van der Waals surface area (Å²) >= 11 is 3.44.